The fourth-order valence-electron chi connectivity index (χ4n) is 10.6. The number of fused-ring (bicyclic) bond motifs is 3. The Kier molecular flexibility index (Phi) is 14.9. The second-order valence-corrected chi connectivity index (χ2v) is 20.6. The lowest BCUT2D eigenvalue weighted by Crippen LogP contribution is -2.43. The van der Waals surface area contributed by atoms with Crippen molar-refractivity contribution in [3.8, 4) is 22.3 Å². The SMILES string of the molecule is Cc1ccc2c(c1)C(CCCCCCOCC1(C)COC1)(CCCCCCOCC1(C)COC1)c1cc(N(c3ccccc3)c3ccc(-c4ccc(N(C)c5ccccc5)cc4)cc3)ccc1-2. The van der Waals surface area contributed by atoms with Crippen LogP contribution < -0.4 is 9.80 Å². The molecule has 0 radical (unpaired) electrons. The van der Waals surface area contributed by atoms with Crippen molar-refractivity contribution in [3.05, 3.63) is 162 Å². The fraction of sp³-hybridized carbons (Fsp3) is 0.410. The van der Waals surface area contributed by atoms with Gasteiger partial charge in [-0.15, -0.1) is 0 Å². The average molecular weight is 897 g/mol. The first kappa shape index (κ1) is 46.9. The first-order valence-corrected chi connectivity index (χ1v) is 25.1. The maximum Gasteiger partial charge on any atom is 0.0564 e. The van der Waals surface area contributed by atoms with E-state index in [-0.39, 0.29) is 16.2 Å². The summed E-state index contributed by atoms with van der Waals surface area (Å²) in [7, 11) is 2.12. The van der Waals surface area contributed by atoms with Crippen molar-refractivity contribution in [2.75, 3.05) is 69.7 Å². The summed E-state index contributed by atoms with van der Waals surface area (Å²) in [5.74, 6) is 0. The number of benzene rings is 6. The summed E-state index contributed by atoms with van der Waals surface area (Å²) in [4.78, 5) is 4.68. The molecule has 0 amide bonds. The van der Waals surface area contributed by atoms with Crippen molar-refractivity contribution >= 4 is 28.4 Å². The Morgan fingerprint density at radius 2 is 0.896 bits per heavy atom. The molecule has 0 spiro atoms. The third-order valence-corrected chi connectivity index (χ3v) is 14.6. The van der Waals surface area contributed by atoms with E-state index in [1.165, 1.54) is 88.8 Å². The third-order valence-electron chi connectivity index (χ3n) is 14.6. The monoisotopic (exact) mass is 897 g/mol. The van der Waals surface area contributed by atoms with E-state index in [0.717, 1.165) is 95.6 Å². The van der Waals surface area contributed by atoms with E-state index in [0.29, 0.717) is 0 Å². The van der Waals surface area contributed by atoms with Crippen molar-refractivity contribution in [2.24, 2.45) is 10.8 Å². The van der Waals surface area contributed by atoms with Gasteiger partial charge in [-0.05, 0) is 127 Å². The second-order valence-electron chi connectivity index (χ2n) is 20.6. The molecule has 6 aromatic carbocycles. The lowest BCUT2D eigenvalue weighted by molar-refractivity contribution is -0.137. The Bertz CT molecular complexity index is 2460. The van der Waals surface area contributed by atoms with E-state index in [4.69, 9.17) is 18.9 Å². The highest BCUT2D eigenvalue weighted by Gasteiger charge is 2.43. The highest BCUT2D eigenvalue weighted by Crippen LogP contribution is 2.56. The summed E-state index contributed by atoms with van der Waals surface area (Å²) in [5, 5.41) is 0. The molecule has 9 rings (SSSR count). The number of hydrogen-bond acceptors (Lipinski definition) is 6. The van der Waals surface area contributed by atoms with Gasteiger partial charge in [0, 0.05) is 64.9 Å². The van der Waals surface area contributed by atoms with Crippen LogP contribution in [0.3, 0.4) is 0 Å². The number of unbranched alkanes of at least 4 members (excludes halogenated alkanes) is 6. The molecule has 1 aliphatic carbocycles. The molecule has 6 nitrogen and oxygen atoms in total. The maximum absolute atomic E-state index is 6.13. The molecule has 2 heterocycles. The smallest absolute Gasteiger partial charge is 0.0564 e. The number of anilines is 5. The van der Waals surface area contributed by atoms with Crippen molar-refractivity contribution in [2.45, 2.75) is 90.4 Å². The van der Waals surface area contributed by atoms with Crippen LogP contribution in [0.5, 0.6) is 0 Å². The van der Waals surface area contributed by atoms with E-state index in [1.807, 2.05) is 0 Å². The standard InChI is InChI=1S/C61H72N2O4/c1-47-23-33-55-56-34-32-54(63(52-21-13-10-14-22-52)53-30-26-49(27-31-53)48-24-28-51(29-25-48)62(4)50-19-11-9-12-20-50)40-58(56)61(57(55)39-47,35-15-5-7-17-37-64-41-59(2)43-66-44-59)36-16-6-8-18-38-65-42-60(3)45-67-46-60/h9-14,19-34,39-40H,5-8,15-18,35-38,41-46H2,1-4H3. The van der Waals surface area contributed by atoms with E-state index >= 15 is 0 Å². The van der Waals surface area contributed by atoms with Gasteiger partial charge in [-0.2, -0.15) is 0 Å². The summed E-state index contributed by atoms with van der Waals surface area (Å²) in [6, 6.07) is 54.0. The molecule has 6 aromatic rings. The van der Waals surface area contributed by atoms with Crippen LogP contribution in [0.15, 0.2) is 146 Å². The first-order valence-electron chi connectivity index (χ1n) is 25.1. The van der Waals surface area contributed by atoms with Gasteiger partial charge >= 0.3 is 0 Å². The van der Waals surface area contributed by atoms with Crippen LogP contribution >= 0.6 is 0 Å². The van der Waals surface area contributed by atoms with Crippen LogP contribution in [-0.4, -0.2) is 59.9 Å². The number of aryl methyl sites for hydroxylation is 1. The molecule has 2 aliphatic heterocycles. The zero-order valence-electron chi connectivity index (χ0n) is 40.6. The van der Waals surface area contributed by atoms with Gasteiger partial charge in [0.1, 0.15) is 0 Å². The Labute approximate surface area is 401 Å². The van der Waals surface area contributed by atoms with Crippen LogP contribution in [0.25, 0.3) is 22.3 Å². The van der Waals surface area contributed by atoms with Crippen LogP contribution in [-0.2, 0) is 24.4 Å². The second kappa shape index (κ2) is 21.4. The largest absolute Gasteiger partial charge is 0.381 e. The summed E-state index contributed by atoms with van der Waals surface area (Å²) in [6.45, 7) is 13.4. The summed E-state index contributed by atoms with van der Waals surface area (Å²) < 4.78 is 23.2. The molecule has 0 bridgehead atoms. The van der Waals surface area contributed by atoms with Gasteiger partial charge in [-0.3, -0.25) is 0 Å². The maximum atomic E-state index is 6.13. The molecule has 0 saturated carbocycles. The highest BCUT2D eigenvalue weighted by molar-refractivity contribution is 5.86. The summed E-state index contributed by atoms with van der Waals surface area (Å²) in [5.41, 5.74) is 15.7. The third kappa shape index (κ3) is 10.9. The number of ether oxygens (including phenoxy) is 4. The van der Waals surface area contributed by atoms with Crippen molar-refractivity contribution < 1.29 is 18.9 Å². The molecule has 3 aliphatic rings. The molecule has 350 valence electrons. The minimum absolute atomic E-state index is 0.0652. The molecule has 6 heteroatoms. The number of rotatable bonds is 24. The highest BCUT2D eigenvalue weighted by atomic mass is 16.5. The Hall–Kier alpha value is -5.24. The molecule has 2 fully saturated rings. The number of hydrogen-bond donors (Lipinski definition) is 0. The lowest BCUT2D eigenvalue weighted by Gasteiger charge is -2.37. The van der Waals surface area contributed by atoms with Gasteiger partial charge in [-0.1, -0.05) is 143 Å². The van der Waals surface area contributed by atoms with Crippen molar-refractivity contribution in [1.29, 1.82) is 0 Å². The van der Waals surface area contributed by atoms with E-state index in [9.17, 15) is 0 Å². The normalized spacial score (nSPS) is 16.1. The fourth-order valence-corrected chi connectivity index (χ4v) is 10.6. The Morgan fingerprint density at radius 3 is 1.42 bits per heavy atom. The molecule has 0 unspecified atom stereocenters. The lowest BCUT2D eigenvalue weighted by atomic mass is 9.70. The van der Waals surface area contributed by atoms with Gasteiger partial charge in [0.2, 0.25) is 0 Å². The first-order chi connectivity index (χ1) is 32.7. The Balaban J connectivity index is 0.968. The minimum atomic E-state index is -0.0652. The molecular weight excluding hydrogens is 825 g/mol. The zero-order valence-corrected chi connectivity index (χ0v) is 40.6. The van der Waals surface area contributed by atoms with Crippen LogP contribution in [0.1, 0.15) is 94.7 Å². The van der Waals surface area contributed by atoms with Crippen molar-refractivity contribution in [1.82, 2.24) is 0 Å². The molecule has 0 aromatic heterocycles. The topological polar surface area (TPSA) is 43.4 Å². The van der Waals surface area contributed by atoms with Crippen molar-refractivity contribution in [3.63, 3.8) is 0 Å². The average Bonchev–Trinajstić information content (AvgIpc) is 3.60. The zero-order chi connectivity index (χ0) is 46.1. The Morgan fingerprint density at radius 1 is 0.463 bits per heavy atom. The predicted octanol–water partition coefficient (Wildman–Crippen LogP) is 15.2. The molecule has 0 N–H and O–H groups in total. The number of para-hydroxylation sites is 2. The van der Waals surface area contributed by atoms with E-state index in [2.05, 4.69) is 183 Å². The van der Waals surface area contributed by atoms with Crippen LogP contribution in [0, 0.1) is 17.8 Å². The van der Waals surface area contributed by atoms with Gasteiger partial charge in [0.05, 0.1) is 39.6 Å². The molecular formula is C61H72N2O4. The summed E-state index contributed by atoms with van der Waals surface area (Å²) in [6.07, 6.45) is 11.7. The minimum Gasteiger partial charge on any atom is -0.381 e. The van der Waals surface area contributed by atoms with Gasteiger partial charge in [0.15, 0.2) is 0 Å². The predicted molar refractivity (Wildman–Crippen MR) is 278 cm³/mol. The van der Waals surface area contributed by atoms with Gasteiger partial charge < -0.3 is 28.7 Å². The number of nitrogens with zero attached hydrogens (tertiary/aromatic N) is 2. The van der Waals surface area contributed by atoms with Gasteiger partial charge in [-0.25, -0.2) is 0 Å². The quantitative estimate of drug-likeness (QED) is 0.0564. The van der Waals surface area contributed by atoms with E-state index in [1.54, 1.807) is 0 Å². The summed E-state index contributed by atoms with van der Waals surface area (Å²) >= 11 is 0. The van der Waals surface area contributed by atoms with Crippen LogP contribution in [0.2, 0.25) is 0 Å². The molecule has 2 saturated heterocycles. The molecule has 0 atom stereocenters. The van der Waals surface area contributed by atoms with Gasteiger partial charge in [0.25, 0.3) is 0 Å². The van der Waals surface area contributed by atoms with Crippen LogP contribution in [0.4, 0.5) is 28.4 Å². The van der Waals surface area contributed by atoms with E-state index < -0.39 is 0 Å². The molecule has 67 heavy (non-hydrogen) atoms.